The Morgan fingerprint density at radius 1 is 1.30 bits per heavy atom. The number of hydrogen-bond donors (Lipinski definition) is 3. The number of nitrogens with one attached hydrogen (secondary N) is 1. The van der Waals surface area contributed by atoms with Gasteiger partial charge >= 0.3 is 0 Å². The van der Waals surface area contributed by atoms with Gasteiger partial charge in [0.25, 0.3) is 0 Å². The molecule has 0 fully saturated rings. The van der Waals surface area contributed by atoms with Crippen LogP contribution in [0.3, 0.4) is 0 Å². The lowest BCUT2D eigenvalue weighted by molar-refractivity contribution is 0.679. The van der Waals surface area contributed by atoms with Crippen molar-refractivity contribution in [2.45, 2.75) is 25.7 Å². The number of benzene rings is 1. The Morgan fingerprint density at radius 3 is 2.83 bits per heavy atom. The van der Waals surface area contributed by atoms with E-state index < -0.39 is 0 Å². The summed E-state index contributed by atoms with van der Waals surface area (Å²) in [5.41, 5.74) is 15.4. The van der Waals surface area contributed by atoms with E-state index in [0.29, 0.717) is 16.5 Å². The zero-order valence-electron chi connectivity index (χ0n) is 12.5. The van der Waals surface area contributed by atoms with E-state index >= 15 is 0 Å². The molecule has 6 nitrogen and oxygen atoms in total. The molecule has 5 N–H and O–H groups in total. The van der Waals surface area contributed by atoms with Crippen LogP contribution in [0, 0.1) is 6.92 Å². The maximum Gasteiger partial charge on any atom is 0.211 e. The van der Waals surface area contributed by atoms with Crippen LogP contribution < -0.4 is 11.5 Å². The van der Waals surface area contributed by atoms with Crippen molar-refractivity contribution >= 4 is 34.9 Å². The van der Waals surface area contributed by atoms with Crippen molar-refractivity contribution in [2.24, 2.45) is 21.7 Å². The molecule has 0 spiro atoms. The molecule has 23 heavy (non-hydrogen) atoms. The summed E-state index contributed by atoms with van der Waals surface area (Å²) in [5, 5.41) is 16.7. The molecule has 1 heterocycles. The third kappa shape index (κ3) is 3.18. The SMILES string of the molecule is Cc1[nH]nc2c1C(=NN=C(N)N)CC(c1cc(Cl)ccc1Cl)C2. The van der Waals surface area contributed by atoms with Crippen LogP contribution in [-0.2, 0) is 6.42 Å². The average molecular weight is 351 g/mol. The minimum atomic E-state index is -0.0805. The second-order valence-electron chi connectivity index (χ2n) is 5.51. The fourth-order valence-corrected chi connectivity index (χ4v) is 3.36. The number of aryl methyl sites for hydroxylation is 1. The quantitative estimate of drug-likeness (QED) is 0.440. The van der Waals surface area contributed by atoms with Crippen LogP contribution >= 0.6 is 23.2 Å². The number of hydrogen-bond acceptors (Lipinski definition) is 3. The summed E-state index contributed by atoms with van der Waals surface area (Å²) >= 11 is 12.5. The van der Waals surface area contributed by atoms with Crippen LogP contribution in [0.1, 0.15) is 34.9 Å². The first kappa shape index (κ1) is 15.8. The number of aromatic amines is 1. The molecule has 0 saturated carbocycles. The monoisotopic (exact) mass is 350 g/mol. The molecule has 3 rings (SSSR count). The van der Waals surface area contributed by atoms with Gasteiger partial charge in [0.1, 0.15) is 0 Å². The first-order valence-corrected chi connectivity index (χ1v) is 7.86. The lowest BCUT2D eigenvalue weighted by Crippen LogP contribution is -2.23. The molecule has 0 radical (unpaired) electrons. The van der Waals surface area contributed by atoms with Crippen LogP contribution in [0.4, 0.5) is 0 Å². The topological polar surface area (TPSA) is 105 Å². The standard InChI is InChI=1S/C15H16Cl2N6/c1-7-14-12(21-20-7)4-8(5-13(14)22-23-15(18)19)10-6-9(16)2-3-11(10)17/h2-3,6,8H,4-5H2,1H3,(H,20,21)(H4,18,19,23). The number of halogens is 2. The number of nitrogens with zero attached hydrogens (tertiary/aromatic N) is 3. The van der Waals surface area contributed by atoms with Crippen molar-refractivity contribution in [3.8, 4) is 0 Å². The molecule has 1 atom stereocenters. The Bertz CT molecular complexity index is 804. The minimum Gasteiger partial charge on any atom is -0.369 e. The van der Waals surface area contributed by atoms with E-state index in [1.54, 1.807) is 12.1 Å². The average Bonchev–Trinajstić information content (AvgIpc) is 2.88. The van der Waals surface area contributed by atoms with E-state index in [1.807, 2.05) is 13.0 Å². The number of fused-ring (bicyclic) bond motifs is 1. The molecular formula is C15H16Cl2N6. The summed E-state index contributed by atoms with van der Waals surface area (Å²) in [7, 11) is 0. The fourth-order valence-electron chi connectivity index (χ4n) is 2.91. The summed E-state index contributed by atoms with van der Waals surface area (Å²) in [4.78, 5) is 0. The highest BCUT2D eigenvalue weighted by atomic mass is 35.5. The first-order chi connectivity index (χ1) is 11.0. The highest BCUT2D eigenvalue weighted by Gasteiger charge is 2.30. The van der Waals surface area contributed by atoms with Gasteiger partial charge in [0.2, 0.25) is 5.96 Å². The largest absolute Gasteiger partial charge is 0.369 e. The molecule has 0 bridgehead atoms. The fraction of sp³-hybridized carbons (Fsp3) is 0.267. The van der Waals surface area contributed by atoms with Crippen molar-refractivity contribution in [1.29, 1.82) is 0 Å². The molecule has 120 valence electrons. The highest BCUT2D eigenvalue weighted by Crippen LogP contribution is 2.37. The third-order valence-corrected chi connectivity index (χ3v) is 4.45. The van der Waals surface area contributed by atoms with Crippen LogP contribution in [-0.4, -0.2) is 21.9 Å². The van der Waals surface area contributed by atoms with E-state index in [1.165, 1.54) is 0 Å². The number of rotatable bonds is 2. The predicted molar refractivity (Wildman–Crippen MR) is 93.2 cm³/mol. The maximum absolute atomic E-state index is 6.34. The van der Waals surface area contributed by atoms with E-state index in [9.17, 15) is 0 Å². The third-order valence-electron chi connectivity index (χ3n) is 3.87. The van der Waals surface area contributed by atoms with Crippen molar-refractivity contribution in [1.82, 2.24) is 10.2 Å². The van der Waals surface area contributed by atoms with Crippen LogP contribution in [0.25, 0.3) is 0 Å². The number of aromatic nitrogens is 2. The van der Waals surface area contributed by atoms with Gasteiger partial charge in [0.05, 0.1) is 11.4 Å². The summed E-state index contributed by atoms with van der Waals surface area (Å²) < 4.78 is 0. The van der Waals surface area contributed by atoms with Gasteiger partial charge < -0.3 is 11.5 Å². The molecule has 1 unspecified atom stereocenters. The molecule has 2 aromatic rings. The maximum atomic E-state index is 6.34. The number of H-pyrrole nitrogens is 1. The Hall–Kier alpha value is -2.05. The second-order valence-corrected chi connectivity index (χ2v) is 6.36. The molecule has 0 aliphatic heterocycles. The Morgan fingerprint density at radius 2 is 2.09 bits per heavy atom. The van der Waals surface area contributed by atoms with E-state index in [4.69, 9.17) is 34.7 Å². The number of nitrogens with two attached hydrogens (primary N) is 2. The van der Waals surface area contributed by atoms with Gasteiger partial charge in [-0.2, -0.15) is 10.2 Å². The van der Waals surface area contributed by atoms with Gasteiger partial charge in [-0.3, -0.25) is 5.10 Å². The van der Waals surface area contributed by atoms with Gasteiger partial charge in [-0.05, 0) is 49.4 Å². The Kier molecular flexibility index (Phi) is 4.28. The molecule has 1 aromatic heterocycles. The molecule has 0 amide bonds. The molecule has 0 saturated heterocycles. The minimum absolute atomic E-state index is 0.0805. The van der Waals surface area contributed by atoms with Gasteiger partial charge in [-0.1, -0.05) is 23.2 Å². The lowest BCUT2D eigenvalue weighted by atomic mass is 9.81. The summed E-state index contributed by atoms with van der Waals surface area (Å²) in [6.45, 7) is 1.95. The first-order valence-electron chi connectivity index (χ1n) is 7.10. The van der Waals surface area contributed by atoms with Crippen molar-refractivity contribution in [3.05, 3.63) is 50.8 Å². The molecule has 1 aliphatic carbocycles. The Balaban J connectivity index is 2.06. The van der Waals surface area contributed by atoms with Gasteiger partial charge in [-0.15, -0.1) is 5.10 Å². The van der Waals surface area contributed by atoms with Gasteiger partial charge in [0, 0.05) is 21.3 Å². The van der Waals surface area contributed by atoms with Crippen molar-refractivity contribution in [2.75, 3.05) is 0 Å². The van der Waals surface area contributed by atoms with Gasteiger partial charge in [0.15, 0.2) is 0 Å². The van der Waals surface area contributed by atoms with Crippen LogP contribution in [0.15, 0.2) is 28.4 Å². The summed E-state index contributed by atoms with van der Waals surface area (Å²) in [5.74, 6) is 0.0347. The Labute approximate surface area is 143 Å². The zero-order valence-corrected chi connectivity index (χ0v) is 14.0. The van der Waals surface area contributed by atoms with Crippen molar-refractivity contribution < 1.29 is 0 Å². The molecule has 8 heteroatoms. The molecule has 1 aliphatic rings. The van der Waals surface area contributed by atoms with Crippen LogP contribution in [0.5, 0.6) is 0 Å². The smallest absolute Gasteiger partial charge is 0.211 e. The molecule has 1 aromatic carbocycles. The number of guanidine groups is 1. The molecular weight excluding hydrogens is 335 g/mol. The van der Waals surface area contributed by atoms with E-state index in [0.717, 1.165) is 34.6 Å². The summed E-state index contributed by atoms with van der Waals surface area (Å²) in [6, 6.07) is 5.46. The van der Waals surface area contributed by atoms with E-state index in [-0.39, 0.29) is 11.9 Å². The van der Waals surface area contributed by atoms with E-state index in [2.05, 4.69) is 20.4 Å². The van der Waals surface area contributed by atoms with Gasteiger partial charge in [-0.25, -0.2) is 0 Å². The highest BCUT2D eigenvalue weighted by molar-refractivity contribution is 6.33. The predicted octanol–water partition coefficient (Wildman–Crippen LogP) is 2.73. The van der Waals surface area contributed by atoms with Crippen LogP contribution in [0.2, 0.25) is 10.0 Å². The lowest BCUT2D eigenvalue weighted by Gasteiger charge is -2.24. The second kappa shape index (κ2) is 6.22. The van der Waals surface area contributed by atoms with Crippen molar-refractivity contribution in [3.63, 3.8) is 0 Å². The normalized spacial score (nSPS) is 18.7. The zero-order chi connectivity index (χ0) is 16.6. The summed E-state index contributed by atoms with van der Waals surface area (Å²) in [6.07, 6.45) is 1.41.